The van der Waals surface area contributed by atoms with Crippen molar-refractivity contribution in [3.8, 4) is 6.07 Å². The molecule has 1 atom stereocenters. The maximum atomic E-state index is 14.2. The number of rotatable bonds is 3. The van der Waals surface area contributed by atoms with Gasteiger partial charge < -0.3 is 10.6 Å². The molecule has 0 unspecified atom stereocenters. The van der Waals surface area contributed by atoms with Crippen molar-refractivity contribution in [2.24, 2.45) is 5.73 Å². The zero-order valence-electron chi connectivity index (χ0n) is 11.5. The van der Waals surface area contributed by atoms with E-state index in [0.717, 1.165) is 11.3 Å². The van der Waals surface area contributed by atoms with E-state index in [4.69, 9.17) is 11.0 Å². The van der Waals surface area contributed by atoms with Crippen LogP contribution in [0.15, 0.2) is 42.5 Å². The Morgan fingerprint density at radius 3 is 2.60 bits per heavy atom. The minimum absolute atomic E-state index is 0.276. The molecular weight excluding hydrogens is 253 g/mol. The summed E-state index contributed by atoms with van der Waals surface area (Å²) in [6, 6.07) is 13.7. The van der Waals surface area contributed by atoms with Gasteiger partial charge in [-0.2, -0.15) is 5.26 Å². The predicted molar refractivity (Wildman–Crippen MR) is 78.2 cm³/mol. The molecule has 0 aliphatic carbocycles. The second-order valence-corrected chi connectivity index (χ2v) is 4.69. The number of halogens is 1. The molecule has 2 aromatic rings. The highest BCUT2D eigenvalue weighted by Crippen LogP contribution is 2.32. The molecule has 0 radical (unpaired) electrons. The van der Waals surface area contributed by atoms with Crippen LogP contribution in [-0.2, 0) is 0 Å². The van der Waals surface area contributed by atoms with Crippen molar-refractivity contribution in [1.82, 2.24) is 0 Å². The summed E-state index contributed by atoms with van der Waals surface area (Å²) >= 11 is 0. The maximum Gasteiger partial charge on any atom is 0.147 e. The van der Waals surface area contributed by atoms with E-state index in [9.17, 15) is 4.39 Å². The van der Waals surface area contributed by atoms with Crippen LogP contribution in [0.2, 0.25) is 0 Å². The Hall–Kier alpha value is -2.38. The van der Waals surface area contributed by atoms with Gasteiger partial charge in [-0.3, -0.25) is 0 Å². The Morgan fingerprint density at radius 2 is 1.95 bits per heavy atom. The Morgan fingerprint density at radius 1 is 1.25 bits per heavy atom. The Balaban J connectivity index is 2.53. The van der Waals surface area contributed by atoms with Gasteiger partial charge in [0.2, 0.25) is 0 Å². The number of nitrogens with zero attached hydrogens (tertiary/aromatic N) is 2. The molecule has 0 aliphatic heterocycles. The van der Waals surface area contributed by atoms with Gasteiger partial charge in [0.05, 0.1) is 17.3 Å². The van der Waals surface area contributed by atoms with Crippen molar-refractivity contribution in [2.75, 3.05) is 11.9 Å². The lowest BCUT2D eigenvalue weighted by atomic mass is 10.0. The van der Waals surface area contributed by atoms with Crippen LogP contribution >= 0.6 is 0 Å². The van der Waals surface area contributed by atoms with Crippen LogP contribution in [0.25, 0.3) is 0 Å². The van der Waals surface area contributed by atoms with Gasteiger partial charge in [0.15, 0.2) is 0 Å². The third-order valence-corrected chi connectivity index (χ3v) is 3.21. The van der Waals surface area contributed by atoms with E-state index in [1.165, 1.54) is 6.07 Å². The standard InChI is InChI=1S/C16H16FN3/c1-11(19)14-7-4-8-15(17)16(14)20(2)13-6-3-5-12(9-13)10-18/h3-9,11H,19H2,1-2H3/t11-/m0/s1. The minimum atomic E-state index is -0.329. The van der Waals surface area contributed by atoms with E-state index < -0.39 is 0 Å². The average molecular weight is 269 g/mol. The van der Waals surface area contributed by atoms with E-state index in [1.807, 2.05) is 19.1 Å². The molecule has 2 aromatic carbocycles. The van der Waals surface area contributed by atoms with Crippen molar-refractivity contribution in [3.63, 3.8) is 0 Å². The number of nitriles is 1. The van der Waals surface area contributed by atoms with Crippen molar-refractivity contribution >= 4 is 11.4 Å². The van der Waals surface area contributed by atoms with Gasteiger partial charge in [-0.1, -0.05) is 18.2 Å². The number of para-hydroxylation sites is 1. The first-order valence-electron chi connectivity index (χ1n) is 6.32. The Labute approximate surface area is 118 Å². The highest BCUT2D eigenvalue weighted by atomic mass is 19.1. The summed E-state index contributed by atoms with van der Waals surface area (Å²) in [5.74, 6) is -0.329. The molecule has 0 amide bonds. The molecule has 2 rings (SSSR count). The zero-order chi connectivity index (χ0) is 14.7. The fraction of sp³-hybridized carbons (Fsp3) is 0.188. The first-order valence-corrected chi connectivity index (χ1v) is 6.32. The quantitative estimate of drug-likeness (QED) is 0.928. The molecule has 4 heteroatoms. The third-order valence-electron chi connectivity index (χ3n) is 3.21. The summed E-state index contributed by atoms with van der Waals surface area (Å²) in [6.45, 7) is 1.82. The predicted octanol–water partition coefficient (Wildman–Crippen LogP) is 3.48. The lowest BCUT2D eigenvalue weighted by molar-refractivity contribution is 0.622. The first-order chi connectivity index (χ1) is 9.54. The molecule has 0 heterocycles. The zero-order valence-corrected chi connectivity index (χ0v) is 11.5. The van der Waals surface area contributed by atoms with Crippen LogP contribution < -0.4 is 10.6 Å². The fourth-order valence-corrected chi connectivity index (χ4v) is 2.17. The lowest BCUT2D eigenvalue weighted by Crippen LogP contribution is -2.17. The largest absolute Gasteiger partial charge is 0.342 e. The second-order valence-electron chi connectivity index (χ2n) is 4.69. The van der Waals surface area contributed by atoms with E-state index >= 15 is 0 Å². The van der Waals surface area contributed by atoms with E-state index in [-0.39, 0.29) is 11.9 Å². The summed E-state index contributed by atoms with van der Waals surface area (Å²) in [7, 11) is 1.76. The van der Waals surface area contributed by atoms with E-state index in [1.54, 1.807) is 36.2 Å². The maximum absolute atomic E-state index is 14.2. The minimum Gasteiger partial charge on any atom is -0.342 e. The molecule has 0 aromatic heterocycles. The molecular formula is C16H16FN3. The Bertz CT molecular complexity index is 659. The van der Waals surface area contributed by atoms with Gasteiger partial charge in [-0.05, 0) is 36.8 Å². The smallest absolute Gasteiger partial charge is 0.147 e. The monoisotopic (exact) mass is 269 g/mol. The Kier molecular flexibility index (Phi) is 4.02. The van der Waals surface area contributed by atoms with Gasteiger partial charge in [-0.15, -0.1) is 0 Å². The molecule has 0 saturated heterocycles. The van der Waals surface area contributed by atoms with E-state index in [0.29, 0.717) is 11.3 Å². The fourth-order valence-electron chi connectivity index (χ4n) is 2.17. The molecule has 3 nitrogen and oxygen atoms in total. The van der Waals surface area contributed by atoms with Gasteiger partial charge in [0.1, 0.15) is 5.82 Å². The molecule has 0 saturated carbocycles. The molecule has 2 N–H and O–H groups in total. The van der Waals surface area contributed by atoms with Gasteiger partial charge >= 0.3 is 0 Å². The van der Waals surface area contributed by atoms with Gasteiger partial charge in [0, 0.05) is 18.8 Å². The topological polar surface area (TPSA) is 53.0 Å². The van der Waals surface area contributed by atoms with Crippen molar-refractivity contribution in [1.29, 1.82) is 5.26 Å². The first kappa shape index (κ1) is 14.0. The average Bonchev–Trinajstić information content (AvgIpc) is 2.46. The molecule has 102 valence electrons. The summed E-state index contributed by atoms with van der Waals surface area (Å²) in [6.07, 6.45) is 0. The van der Waals surface area contributed by atoms with Gasteiger partial charge in [-0.25, -0.2) is 4.39 Å². The molecule has 0 fully saturated rings. The normalized spacial score (nSPS) is 11.8. The number of anilines is 2. The van der Waals surface area contributed by atoms with Gasteiger partial charge in [0.25, 0.3) is 0 Å². The number of benzene rings is 2. The number of hydrogen-bond acceptors (Lipinski definition) is 3. The van der Waals surface area contributed by atoms with Crippen LogP contribution in [0.4, 0.5) is 15.8 Å². The molecule has 0 bridgehead atoms. The molecule has 0 aliphatic rings. The van der Waals surface area contributed by atoms with Crippen LogP contribution in [0.3, 0.4) is 0 Å². The van der Waals surface area contributed by atoms with Crippen LogP contribution in [0.5, 0.6) is 0 Å². The van der Waals surface area contributed by atoms with Crippen molar-refractivity contribution < 1.29 is 4.39 Å². The third kappa shape index (κ3) is 2.63. The number of hydrogen-bond donors (Lipinski definition) is 1. The second kappa shape index (κ2) is 5.72. The SMILES string of the molecule is C[C@H](N)c1cccc(F)c1N(C)c1cccc(C#N)c1. The summed E-state index contributed by atoms with van der Waals surface area (Å²) in [5, 5.41) is 8.95. The van der Waals surface area contributed by atoms with Crippen LogP contribution in [-0.4, -0.2) is 7.05 Å². The highest BCUT2D eigenvalue weighted by molar-refractivity contribution is 5.68. The van der Waals surface area contributed by atoms with E-state index in [2.05, 4.69) is 6.07 Å². The molecule has 0 spiro atoms. The lowest BCUT2D eigenvalue weighted by Gasteiger charge is -2.24. The summed E-state index contributed by atoms with van der Waals surface area (Å²) in [5.41, 5.74) is 8.36. The van der Waals surface area contributed by atoms with Crippen LogP contribution in [0.1, 0.15) is 24.1 Å². The van der Waals surface area contributed by atoms with Crippen molar-refractivity contribution in [3.05, 3.63) is 59.4 Å². The summed E-state index contributed by atoms with van der Waals surface area (Å²) < 4.78 is 14.2. The molecule has 20 heavy (non-hydrogen) atoms. The number of nitrogens with two attached hydrogens (primary N) is 1. The van der Waals surface area contributed by atoms with Crippen molar-refractivity contribution in [2.45, 2.75) is 13.0 Å². The van der Waals surface area contributed by atoms with Crippen LogP contribution in [0, 0.1) is 17.1 Å². The highest BCUT2D eigenvalue weighted by Gasteiger charge is 2.16. The summed E-state index contributed by atoms with van der Waals surface area (Å²) in [4.78, 5) is 1.72.